The van der Waals surface area contributed by atoms with E-state index in [1.165, 1.54) is 6.92 Å². The Hall–Kier alpha value is -3.09. The third-order valence-electron chi connectivity index (χ3n) is 4.81. The fraction of sp³-hybridized carbons (Fsp3) is 0.400. The topological polar surface area (TPSA) is 187 Å². The first-order valence-corrected chi connectivity index (χ1v) is 10.5. The first-order chi connectivity index (χ1) is 15.2. The number of hydrogen-bond acceptors (Lipinski definition) is 7. The lowest BCUT2D eigenvalue weighted by atomic mass is 10.0. The number of para-hydroxylation sites is 1. The molecule has 2 aromatic rings. The summed E-state index contributed by atoms with van der Waals surface area (Å²) in [5.74, 6) is -3.42. The van der Waals surface area contributed by atoms with Crippen molar-refractivity contribution in [3.63, 3.8) is 0 Å². The minimum absolute atomic E-state index is 0.00867. The molecule has 3 amide bonds. The zero-order valence-electron chi connectivity index (χ0n) is 17.4. The number of carbonyl (C=O) groups is 4. The smallest absolute Gasteiger partial charge is 0.326 e. The molecule has 8 N–H and O–H groups in total. The molecule has 2 rings (SSSR count). The van der Waals surface area contributed by atoms with Crippen LogP contribution in [-0.2, 0) is 25.6 Å². The molecule has 4 unspecified atom stereocenters. The molecule has 0 radical (unpaired) electrons. The number of aliphatic hydroxyl groups is 1. The third kappa shape index (κ3) is 6.45. The molecule has 0 aliphatic rings. The molecule has 32 heavy (non-hydrogen) atoms. The number of aliphatic carboxylic acids is 1. The van der Waals surface area contributed by atoms with Gasteiger partial charge in [0.1, 0.15) is 18.1 Å². The number of carboxylic acid groups (broad SMARTS) is 1. The number of H-pyrrole nitrogens is 1. The number of hydrogen-bond donors (Lipinski definition) is 8. The molecule has 1 aromatic carbocycles. The van der Waals surface area contributed by atoms with E-state index < -0.39 is 54.5 Å². The summed E-state index contributed by atoms with van der Waals surface area (Å²) in [6.45, 7) is 0.607. The standard InChI is InChI=1S/C20H27N5O6S/c1-10(23-18(28)13(21)9-32)17(27)25-16(8-26)19(29)24-15(20(30)31)6-11-7-22-14-5-3-2-4-12(11)14/h2-5,7,10,13,15-16,22,26,32H,6,8-9,21H2,1H3,(H,23,28)(H,24,29)(H,25,27)(H,30,31). The highest BCUT2D eigenvalue weighted by Crippen LogP contribution is 2.19. The van der Waals surface area contributed by atoms with Crippen molar-refractivity contribution in [1.82, 2.24) is 20.9 Å². The monoisotopic (exact) mass is 465 g/mol. The van der Waals surface area contributed by atoms with E-state index in [1.54, 1.807) is 6.20 Å². The summed E-state index contributed by atoms with van der Waals surface area (Å²) in [5, 5.41) is 26.9. The molecule has 11 nitrogen and oxygen atoms in total. The number of rotatable bonds is 11. The Labute approximate surface area is 189 Å². The Morgan fingerprint density at radius 3 is 2.34 bits per heavy atom. The highest BCUT2D eigenvalue weighted by Gasteiger charge is 2.28. The third-order valence-corrected chi connectivity index (χ3v) is 5.21. The minimum Gasteiger partial charge on any atom is -0.480 e. The van der Waals surface area contributed by atoms with Gasteiger partial charge in [-0.2, -0.15) is 12.6 Å². The van der Waals surface area contributed by atoms with Crippen LogP contribution in [0.1, 0.15) is 12.5 Å². The van der Waals surface area contributed by atoms with Crippen LogP contribution in [0, 0.1) is 0 Å². The lowest BCUT2D eigenvalue weighted by molar-refractivity contribution is -0.142. The normalized spacial score (nSPS) is 14.8. The average molecular weight is 466 g/mol. The molecule has 0 bridgehead atoms. The lowest BCUT2D eigenvalue weighted by Gasteiger charge is -2.22. The van der Waals surface area contributed by atoms with Crippen molar-refractivity contribution >= 4 is 47.2 Å². The molecular formula is C20H27N5O6S. The second-order valence-corrected chi connectivity index (χ2v) is 7.59. The van der Waals surface area contributed by atoms with Gasteiger partial charge >= 0.3 is 5.97 Å². The summed E-state index contributed by atoms with van der Waals surface area (Å²) >= 11 is 3.90. The Morgan fingerprint density at radius 2 is 1.72 bits per heavy atom. The number of amides is 3. The van der Waals surface area contributed by atoms with Gasteiger partial charge in [0.25, 0.3) is 0 Å². The van der Waals surface area contributed by atoms with Gasteiger partial charge in [-0.25, -0.2) is 4.79 Å². The zero-order valence-corrected chi connectivity index (χ0v) is 18.3. The molecule has 0 aliphatic carbocycles. The Balaban J connectivity index is 2.02. The van der Waals surface area contributed by atoms with Gasteiger partial charge in [-0.3, -0.25) is 14.4 Å². The van der Waals surface area contributed by atoms with Crippen molar-refractivity contribution in [2.75, 3.05) is 12.4 Å². The van der Waals surface area contributed by atoms with Gasteiger partial charge in [0.15, 0.2) is 0 Å². The SMILES string of the molecule is CC(NC(=O)C(N)CS)C(=O)NC(CO)C(=O)NC(Cc1c[nH]c2ccccc12)C(=O)O. The molecule has 0 saturated carbocycles. The molecule has 0 aliphatic heterocycles. The van der Waals surface area contributed by atoms with Gasteiger partial charge in [0.05, 0.1) is 12.6 Å². The van der Waals surface area contributed by atoms with Crippen LogP contribution in [0.25, 0.3) is 10.9 Å². The van der Waals surface area contributed by atoms with Crippen LogP contribution >= 0.6 is 12.6 Å². The first kappa shape index (κ1) is 25.2. The predicted octanol–water partition coefficient (Wildman–Crippen LogP) is -1.48. The molecule has 0 saturated heterocycles. The number of fused-ring (bicyclic) bond motifs is 1. The van der Waals surface area contributed by atoms with E-state index >= 15 is 0 Å². The number of nitrogens with one attached hydrogen (secondary N) is 4. The van der Waals surface area contributed by atoms with Crippen LogP contribution in [0.5, 0.6) is 0 Å². The maximum atomic E-state index is 12.5. The van der Waals surface area contributed by atoms with Gasteiger partial charge in [-0.15, -0.1) is 0 Å². The van der Waals surface area contributed by atoms with Crippen LogP contribution in [-0.4, -0.2) is 75.4 Å². The average Bonchev–Trinajstić information content (AvgIpc) is 3.18. The summed E-state index contributed by atoms with van der Waals surface area (Å²) in [6, 6.07) is 2.66. The van der Waals surface area contributed by atoms with Crippen molar-refractivity contribution < 1.29 is 29.4 Å². The van der Waals surface area contributed by atoms with E-state index in [1.807, 2.05) is 24.3 Å². The van der Waals surface area contributed by atoms with Crippen LogP contribution in [0.4, 0.5) is 0 Å². The fourth-order valence-electron chi connectivity index (χ4n) is 2.95. The molecule has 1 aromatic heterocycles. The maximum absolute atomic E-state index is 12.5. The lowest BCUT2D eigenvalue weighted by Crippen LogP contribution is -2.57. The second kappa shape index (κ2) is 11.5. The number of carbonyl (C=O) groups excluding carboxylic acids is 3. The Bertz CT molecular complexity index is 980. The first-order valence-electron chi connectivity index (χ1n) is 9.84. The minimum atomic E-state index is -1.41. The van der Waals surface area contributed by atoms with Gasteiger partial charge < -0.3 is 36.9 Å². The summed E-state index contributed by atoms with van der Waals surface area (Å²) in [5.41, 5.74) is 7.05. The highest BCUT2D eigenvalue weighted by molar-refractivity contribution is 7.80. The maximum Gasteiger partial charge on any atom is 0.326 e. The van der Waals surface area contributed by atoms with Gasteiger partial charge in [0, 0.05) is 29.3 Å². The van der Waals surface area contributed by atoms with Gasteiger partial charge in [-0.05, 0) is 18.6 Å². The van der Waals surface area contributed by atoms with Crippen LogP contribution in [0.2, 0.25) is 0 Å². The Morgan fingerprint density at radius 1 is 1.06 bits per heavy atom. The number of aliphatic hydroxyl groups excluding tert-OH is 1. The van der Waals surface area contributed by atoms with Gasteiger partial charge in [-0.1, -0.05) is 18.2 Å². The van der Waals surface area contributed by atoms with Gasteiger partial charge in [0.2, 0.25) is 17.7 Å². The zero-order chi connectivity index (χ0) is 23.8. The highest BCUT2D eigenvalue weighted by atomic mass is 32.1. The molecule has 174 valence electrons. The van der Waals surface area contributed by atoms with Crippen molar-refractivity contribution in [2.45, 2.75) is 37.5 Å². The van der Waals surface area contributed by atoms with E-state index in [2.05, 4.69) is 33.6 Å². The van der Waals surface area contributed by atoms with E-state index in [0.29, 0.717) is 5.56 Å². The number of nitrogens with two attached hydrogens (primary N) is 1. The summed E-state index contributed by atoms with van der Waals surface area (Å²) in [6.07, 6.45) is 1.66. The summed E-state index contributed by atoms with van der Waals surface area (Å²) in [7, 11) is 0. The van der Waals surface area contributed by atoms with E-state index in [4.69, 9.17) is 5.73 Å². The molecule has 0 fully saturated rings. The van der Waals surface area contributed by atoms with E-state index in [-0.39, 0.29) is 12.2 Å². The summed E-state index contributed by atoms with van der Waals surface area (Å²) < 4.78 is 0. The van der Waals surface area contributed by atoms with E-state index in [0.717, 1.165) is 10.9 Å². The number of benzene rings is 1. The van der Waals surface area contributed by atoms with Crippen molar-refractivity contribution in [1.29, 1.82) is 0 Å². The molecular weight excluding hydrogens is 438 g/mol. The Kier molecular flexibility index (Phi) is 9.05. The number of aromatic nitrogens is 1. The molecule has 12 heteroatoms. The van der Waals surface area contributed by atoms with Crippen LogP contribution in [0.3, 0.4) is 0 Å². The van der Waals surface area contributed by atoms with Crippen molar-refractivity contribution in [3.05, 3.63) is 36.0 Å². The predicted molar refractivity (Wildman–Crippen MR) is 120 cm³/mol. The quantitative estimate of drug-likeness (QED) is 0.186. The van der Waals surface area contributed by atoms with Crippen molar-refractivity contribution in [2.24, 2.45) is 5.73 Å². The van der Waals surface area contributed by atoms with E-state index in [9.17, 15) is 29.4 Å². The fourth-order valence-corrected chi connectivity index (χ4v) is 3.12. The second-order valence-electron chi connectivity index (χ2n) is 7.23. The summed E-state index contributed by atoms with van der Waals surface area (Å²) in [4.78, 5) is 51.4. The molecule has 4 atom stereocenters. The number of aromatic amines is 1. The molecule has 1 heterocycles. The number of carboxylic acids is 1. The number of thiol groups is 1. The molecule has 0 spiro atoms. The van der Waals surface area contributed by atoms with Crippen molar-refractivity contribution in [3.8, 4) is 0 Å². The van der Waals surface area contributed by atoms with Crippen LogP contribution in [0.15, 0.2) is 30.5 Å². The largest absolute Gasteiger partial charge is 0.480 e. The van der Waals surface area contributed by atoms with Crippen LogP contribution < -0.4 is 21.7 Å².